The van der Waals surface area contributed by atoms with E-state index >= 15 is 0 Å². The molecule has 0 radical (unpaired) electrons. The molecular formula is C23H28ClN3O4S. The zero-order valence-corrected chi connectivity index (χ0v) is 19.4. The van der Waals surface area contributed by atoms with Crippen molar-refractivity contribution in [3.63, 3.8) is 0 Å². The average molecular weight is 478 g/mol. The van der Waals surface area contributed by atoms with Gasteiger partial charge in [0.25, 0.3) is 0 Å². The highest BCUT2D eigenvalue weighted by Crippen LogP contribution is 2.25. The van der Waals surface area contributed by atoms with E-state index in [1.165, 1.54) is 4.31 Å². The van der Waals surface area contributed by atoms with Crippen LogP contribution in [0.4, 0.5) is 11.4 Å². The average Bonchev–Trinajstić information content (AvgIpc) is 2.81. The van der Waals surface area contributed by atoms with Crippen molar-refractivity contribution in [3.8, 4) is 0 Å². The van der Waals surface area contributed by atoms with Gasteiger partial charge in [-0.15, -0.1) is 0 Å². The number of nitrogens with one attached hydrogen (secondary N) is 1. The maximum absolute atomic E-state index is 12.8. The molecule has 0 spiro atoms. The van der Waals surface area contributed by atoms with E-state index in [0.717, 1.165) is 37.7 Å². The zero-order valence-electron chi connectivity index (χ0n) is 17.9. The molecule has 0 bridgehead atoms. The van der Waals surface area contributed by atoms with Crippen molar-refractivity contribution < 1.29 is 17.9 Å². The van der Waals surface area contributed by atoms with Crippen LogP contribution in [0.3, 0.4) is 0 Å². The third-order valence-electron chi connectivity index (χ3n) is 5.99. The van der Waals surface area contributed by atoms with E-state index in [2.05, 4.69) is 10.2 Å². The number of hydrogen-bond acceptors (Lipinski definition) is 5. The molecule has 4 rings (SSSR count). The second-order valence-electron chi connectivity index (χ2n) is 8.19. The lowest BCUT2D eigenvalue weighted by molar-refractivity contribution is -0.120. The first-order valence-electron chi connectivity index (χ1n) is 10.9. The van der Waals surface area contributed by atoms with E-state index in [-0.39, 0.29) is 17.6 Å². The maximum atomic E-state index is 12.8. The lowest BCUT2D eigenvalue weighted by Gasteiger charge is -2.31. The molecule has 9 heteroatoms. The fraction of sp³-hybridized carbons (Fsp3) is 0.435. The molecule has 0 unspecified atom stereocenters. The Morgan fingerprint density at radius 1 is 0.969 bits per heavy atom. The van der Waals surface area contributed by atoms with Crippen molar-refractivity contribution in [1.82, 2.24) is 4.31 Å². The summed E-state index contributed by atoms with van der Waals surface area (Å²) in [5.41, 5.74) is 2.57. The minimum absolute atomic E-state index is 0.0566. The quantitative estimate of drug-likeness (QED) is 0.690. The first-order valence-corrected chi connectivity index (χ1v) is 12.9. The van der Waals surface area contributed by atoms with E-state index in [1.807, 2.05) is 24.3 Å². The highest BCUT2D eigenvalue weighted by atomic mass is 35.5. The molecule has 0 saturated carbocycles. The standard InChI is InChI=1S/C23H28ClN3O4S/c24-20-3-1-18(2-4-20)17-32(29,30)27-11-9-19(10-12-27)23(28)25-21-5-7-22(8-6-21)26-13-15-31-16-14-26/h1-8,19H,9-17H2,(H,25,28). The maximum Gasteiger partial charge on any atom is 0.227 e. The summed E-state index contributed by atoms with van der Waals surface area (Å²) in [5.74, 6) is -0.314. The second-order valence-corrected chi connectivity index (χ2v) is 10.6. The lowest BCUT2D eigenvalue weighted by Crippen LogP contribution is -2.41. The molecule has 0 aliphatic carbocycles. The number of anilines is 2. The van der Waals surface area contributed by atoms with Gasteiger partial charge in [-0.05, 0) is 54.8 Å². The molecule has 1 N–H and O–H groups in total. The van der Waals surface area contributed by atoms with Gasteiger partial charge in [-0.25, -0.2) is 12.7 Å². The first kappa shape index (κ1) is 23.0. The van der Waals surface area contributed by atoms with Crippen molar-refractivity contribution in [2.45, 2.75) is 18.6 Å². The third-order valence-corrected chi connectivity index (χ3v) is 8.09. The highest BCUT2D eigenvalue weighted by molar-refractivity contribution is 7.88. The topological polar surface area (TPSA) is 79.0 Å². The fourth-order valence-corrected chi connectivity index (χ4v) is 5.79. The minimum atomic E-state index is -3.43. The number of ether oxygens (including phenoxy) is 1. The molecule has 2 aliphatic heterocycles. The van der Waals surface area contributed by atoms with Gasteiger partial charge >= 0.3 is 0 Å². The number of amides is 1. The Morgan fingerprint density at radius 2 is 1.59 bits per heavy atom. The predicted octanol–water partition coefficient (Wildman–Crippen LogP) is 3.36. The number of morpholine rings is 1. The number of hydrogen-bond donors (Lipinski definition) is 1. The molecule has 32 heavy (non-hydrogen) atoms. The van der Waals surface area contributed by atoms with Crippen LogP contribution in [0.2, 0.25) is 5.02 Å². The van der Waals surface area contributed by atoms with Gasteiger partial charge in [0.05, 0.1) is 19.0 Å². The van der Waals surface area contributed by atoms with Crippen molar-refractivity contribution in [1.29, 1.82) is 0 Å². The summed E-state index contributed by atoms with van der Waals surface area (Å²) in [6.07, 6.45) is 1.02. The van der Waals surface area contributed by atoms with Crippen LogP contribution in [-0.4, -0.2) is 58.0 Å². The van der Waals surface area contributed by atoms with Gasteiger partial charge < -0.3 is 15.0 Å². The van der Waals surface area contributed by atoms with Crippen LogP contribution in [0.25, 0.3) is 0 Å². The van der Waals surface area contributed by atoms with Gasteiger partial charge in [0, 0.05) is 48.5 Å². The number of benzene rings is 2. The molecule has 7 nitrogen and oxygen atoms in total. The van der Waals surface area contributed by atoms with Gasteiger partial charge in [0.2, 0.25) is 15.9 Å². The number of nitrogens with zero attached hydrogens (tertiary/aromatic N) is 2. The molecule has 0 atom stereocenters. The van der Waals surface area contributed by atoms with E-state index in [0.29, 0.717) is 36.5 Å². The molecular weight excluding hydrogens is 450 g/mol. The molecule has 172 valence electrons. The fourth-order valence-electron chi connectivity index (χ4n) is 4.10. The van der Waals surface area contributed by atoms with Crippen molar-refractivity contribution in [2.75, 3.05) is 49.6 Å². The molecule has 1 amide bonds. The van der Waals surface area contributed by atoms with Gasteiger partial charge in [0.1, 0.15) is 0 Å². The number of halogens is 1. The van der Waals surface area contributed by atoms with E-state index in [9.17, 15) is 13.2 Å². The summed E-state index contributed by atoms with van der Waals surface area (Å²) in [5, 5.41) is 3.56. The molecule has 2 heterocycles. The summed E-state index contributed by atoms with van der Waals surface area (Å²) in [6.45, 7) is 3.89. The number of rotatable bonds is 6. The van der Waals surface area contributed by atoms with Gasteiger partial charge in [-0.1, -0.05) is 23.7 Å². The Kier molecular flexibility index (Phi) is 7.35. The van der Waals surface area contributed by atoms with Gasteiger partial charge in [0.15, 0.2) is 0 Å². The van der Waals surface area contributed by atoms with E-state index in [4.69, 9.17) is 16.3 Å². The smallest absolute Gasteiger partial charge is 0.227 e. The molecule has 2 aromatic carbocycles. The Hall–Kier alpha value is -2.13. The minimum Gasteiger partial charge on any atom is -0.378 e. The van der Waals surface area contributed by atoms with E-state index in [1.54, 1.807) is 24.3 Å². The van der Waals surface area contributed by atoms with Crippen molar-refractivity contribution in [3.05, 3.63) is 59.1 Å². The molecule has 2 aliphatic rings. The molecule has 2 saturated heterocycles. The third kappa shape index (κ3) is 5.81. The Labute approximate surface area is 194 Å². The first-order chi connectivity index (χ1) is 15.4. The van der Waals surface area contributed by atoms with Gasteiger partial charge in [-0.2, -0.15) is 0 Å². The number of carbonyl (C=O) groups is 1. The SMILES string of the molecule is O=C(Nc1ccc(N2CCOCC2)cc1)C1CCN(S(=O)(=O)Cc2ccc(Cl)cc2)CC1. The van der Waals surface area contributed by atoms with Crippen LogP contribution in [-0.2, 0) is 25.3 Å². The summed E-state index contributed by atoms with van der Waals surface area (Å²) in [4.78, 5) is 15.0. The summed E-state index contributed by atoms with van der Waals surface area (Å²) in [6, 6.07) is 14.7. The van der Waals surface area contributed by atoms with Crippen LogP contribution in [0.15, 0.2) is 48.5 Å². The van der Waals surface area contributed by atoms with Crippen LogP contribution in [0.1, 0.15) is 18.4 Å². The summed E-state index contributed by atoms with van der Waals surface area (Å²) in [7, 11) is -3.43. The lowest BCUT2D eigenvalue weighted by atomic mass is 9.97. The summed E-state index contributed by atoms with van der Waals surface area (Å²) >= 11 is 5.87. The Balaban J connectivity index is 1.28. The van der Waals surface area contributed by atoms with Crippen LogP contribution in [0, 0.1) is 5.92 Å². The van der Waals surface area contributed by atoms with Crippen LogP contribution >= 0.6 is 11.6 Å². The van der Waals surface area contributed by atoms with Crippen molar-refractivity contribution >= 4 is 38.9 Å². The zero-order chi connectivity index (χ0) is 22.6. The number of carbonyl (C=O) groups excluding carboxylic acids is 1. The molecule has 2 aromatic rings. The van der Waals surface area contributed by atoms with Gasteiger partial charge in [-0.3, -0.25) is 4.79 Å². The monoisotopic (exact) mass is 477 g/mol. The van der Waals surface area contributed by atoms with Crippen LogP contribution < -0.4 is 10.2 Å². The number of piperidine rings is 1. The summed E-state index contributed by atoms with van der Waals surface area (Å²) < 4.78 is 32.4. The van der Waals surface area contributed by atoms with Crippen molar-refractivity contribution in [2.24, 2.45) is 5.92 Å². The Morgan fingerprint density at radius 3 is 2.22 bits per heavy atom. The Bertz CT molecular complexity index is 1010. The normalized spacial score (nSPS) is 18.5. The highest BCUT2D eigenvalue weighted by Gasteiger charge is 2.31. The van der Waals surface area contributed by atoms with E-state index < -0.39 is 10.0 Å². The predicted molar refractivity (Wildman–Crippen MR) is 126 cm³/mol. The molecule has 2 fully saturated rings. The molecule has 0 aromatic heterocycles. The number of sulfonamides is 1. The second kappa shape index (κ2) is 10.2. The van der Waals surface area contributed by atoms with Crippen LogP contribution in [0.5, 0.6) is 0 Å². The largest absolute Gasteiger partial charge is 0.378 e.